The number of halogens is 1. The van der Waals surface area contributed by atoms with Crippen LogP contribution in [0.2, 0.25) is 0 Å². The standard InChI is InChI=1S/C12H22ClN3O2/c1-3-16-8-5-10(6-9-16)15(2)12(18)14-11(17)4-7-13/h10H,3-9H2,1-2H3,(H,14,17,18). The molecule has 0 spiro atoms. The van der Waals surface area contributed by atoms with E-state index < -0.39 is 0 Å². The van der Waals surface area contributed by atoms with Crippen LogP contribution in [0.25, 0.3) is 0 Å². The summed E-state index contributed by atoms with van der Waals surface area (Å²) in [7, 11) is 1.75. The van der Waals surface area contributed by atoms with E-state index in [-0.39, 0.29) is 30.3 Å². The lowest BCUT2D eigenvalue weighted by Crippen LogP contribution is -2.50. The number of amides is 3. The summed E-state index contributed by atoms with van der Waals surface area (Å²) in [4.78, 5) is 27.1. The molecule has 0 unspecified atom stereocenters. The minimum absolute atomic E-state index is 0.176. The van der Waals surface area contributed by atoms with Crippen LogP contribution in [0.3, 0.4) is 0 Å². The van der Waals surface area contributed by atoms with Crippen molar-refractivity contribution >= 4 is 23.5 Å². The number of rotatable bonds is 4. The van der Waals surface area contributed by atoms with E-state index in [9.17, 15) is 9.59 Å². The smallest absolute Gasteiger partial charge is 0.324 e. The molecular weight excluding hydrogens is 254 g/mol. The molecule has 0 saturated carbocycles. The summed E-state index contributed by atoms with van der Waals surface area (Å²) in [5.41, 5.74) is 0. The first kappa shape index (κ1) is 15.2. The van der Waals surface area contributed by atoms with Crippen LogP contribution < -0.4 is 5.32 Å². The van der Waals surface area contributed by atoms with Gasteiger partial charge in [-0.2, -0.15) is 0 Å². The van der Waals surface area contributed by atoms with Gasteiger partial charge in [-0.15, -0.1) is 11.6 Å². The van der Waals surface area contributed by atoms with E-state index in [2.05, 4.69) is 17.1 Å². The monoisotopic (exact) mass is 275 g/mol. The molecule has 1 rings (SSSR count). The van der Waals surface area contributed by atoms with Crippen molar-refractivity contribution in [2.75, 3.05) is 32.6 Å². The normalized spacial score (nSPS) is 17.5. The summed E-state index contributed by atoms with van der Waals surface area (Å²) in [6.07, 6.45) is 2.10. The molecule has 6 heteroatoms. The number of likely N-dealkylation sites (tertiary alicyclic amines) is 1. The van der Waals surface area contributed by atoms with Gasteiger partial charge >= 0.3 is 6.03 Å². The summed E-state index contributed by atoms with van der Waals surface area (Å²) in [5, 5.41) is 2.35. The molecule has 18 heavy (non-hydrogen) atoms. The maximum Gasteiger partial charge on any atom is 0.324 e. The fourth-order valence-corrected chi connectivity index (χ4v) is 2.32. The summed E-state index contributed by atoms with van der Waals surface area (Å²) < 4.78 is 0. The predicted octanol–water partition coefficient (Wildman–Crippen LogP) is 1.27. The van der Waals surface area contributed by atoms with Gasteiger partial charge < -0.3 is 9.80 Å². The second kappa shape index (κ2) is 7.59. The quantitative estimate of drug-likeness (QED) is 0.786. The largest absolute Gasteiger partial charge is 0.324 e. The Bertz CT molecular complexity index is 291. The van der Waals surface area contributed by atoms with Crippen molar-refractivity contribution in [3.8, 4) is 0 Å². The highest BCUT2D eigenvalue weighted by molar-refractivity contribution is 6.19. The lowest BCUT2D eigenvalue weighted by atomic mass is 10.0. The van der Waals surface area contributed by atoms with Crippen LogP contribution in [0, 0.1) is 0 Å². The number of nitrogens with zero attached hydrogens (tertiary/aromatic N) is 2. The Kier molecular flexibility index (Phi) is 6.43. The molecule has 0 aliphatic carbocycles. The van der Waals surface area contributed by atoms with Gasteiger partial charge in [0, 0.05) is 38.5 Å². The maximum atomic E-state index is 11.8. The zero-order valence-electron chi connectivity index (χ0n) is 11.1. The van der Waals surface area contributed by atoms with Crippen molar-refractivity contribution in [3.63, 3.8) is 0 Å². The number of urea groups is 1. The third kappa shape index (κ3) is 4.46. The maximum absolute atomic E-state index is 11.8. The van der Waals surface area contributed by atoms with Crippen LogP contribution in [0.4, 0.5) is 4.79 Å². The molecule has 1 N–H and O–H groups in total. The van der Waals surface area contributed by atoms with E-state index in [1.165, 1.54) is 0 Å². The van der Waals surface area contributed by atoms with Crippen molar-refractivity contribution in [3.05, 3.63) is 0 Å². The Morgan fingerprint density at radius 2 is 2.00 bits per heavy atom. The van der Waals surface area contributed by atoms with Crippen LogP contribution in [0.5, 0.6) is 0 Å². The third-order valence-electron chi connectivity index (χ3n) is 3.44. The summed E-state index contributed by atoms with van der Waals surface area (Å²) in [5.74, 6) is -0.0783. The molecule has 5 nitrogen and oxygen atoms in total. The average molecular weight is 276 g/mol. The molecule has 0 radical (unpaired) electrons. The summed E-state index contributed by atoms with van der Waals surface area (Å²) in [6.45, 7) is 5.21. The molecule has 0 atom stereocenters. The number of hydrogen-bond donors (Lipinski definition) is 1. The van der Waals surface area contributed by atoms with Gasteiger partial charge in [0.05, 0.1) is 0 Å². The van der Waals surface area contributed by atoms with Gasteiger partial charge in [0.1, 0.15) is 0 Å². The second-order valence-corrected chi connectivity index (χ2v) is 4.95. The minimum Gasteiger partial charge on any atom is -0.324 e. The van der Waals surface area contributed by atoms with Gasteiger partial charge in [-0.3, -0.25) is 10.1 Å². The Labute approximate surface area is 113 Å². The molecule has 0 aromatic carbocycles. The van der Waals surface area contributed by atoms with Crippen molar-refractivity contribution in [1.29, 1.82) is 0 Å². The summed E-state index contributed by atoms with van der Waals surface area (Å²) >= 11 is 5.45. The first-order valence-electron chi connectivity index (χ1n) is 6.43. The van der Waals surface area contributed by atoms with E-state index in [1.807, 2.05) is 0 Å². The zero-order chi connectivity index (χ0) is 13.5. The molecular formula is C12H22ClN3O2. The fraction of sp³-hybridized carbons (Fsp3) is 0.833. The molecule has 1 aliphatic heterocycles. The molecule has 1 aliphatic rings. The number of carbonyl (C=O) groups is 2. The van der Waals surface area contributed by atoms with E-state index in [0.29, 0.717) is 0 Å². The van der Waals surface area contributed by atoms with Gasteiger partial charge in [0.15, 0.2) is 0 Å². The second-order valence-electron chi connectivity index (χ2n) is 4.57. The molecule has 1 fully saturated rings. The lowest BCUT2D eigenvalue weighted by Gasteiger charge is -2.36. The zero-order valence-corrected chi connectivity index (χ0v) is 11.9. The molecule has 3 amide bonds. The lowest BCUT2D eigenvalue weighted by molar-refractivity contribution is -0.119. The van der Waals surface area contributed by atoms with E-state index in [1.54, 1.807) is 11.9 Å². The first-order chi connectivity index (χ1) is 8.58. The van der Waals surface area contributed by atoms with Crippen molar-refractivity contribution < 1.29 is 9.59 Å². The van der Waals surface area contributed by atoms with Crippen LogP contribution in [-0.4, -0.2) is 60.3 Å². The summed E-state index contributed by atoms with van der Waals surface area (Å²) in [6, 6.07) is -0.100. The third-order valence-corrected chi connectivity index (χ3v) is 3.63. The number of alkyl halides is 1. The average Bonchev–Trinajstić information content (AvgIpc) is 2.38. The molecule has 0 bridgehead atoms. The van der Waals surface area contributed by atoms with Crippen molar-refractivity contribution in [2.45, 2.75) is 32.2 Å². The van der Waals surface area contributed by atoms with Crippen LogP contribution in [0.1, 0.15) is 26.2 Å². The van der Waals surface area contributed by atoms with Crippen LogP contribution in [-0.2, 0) is 4.79 Å². The Morgan fingerprint density at radius 1 is 1.39 bits per heavy atom. The van der Waals surface area contributed by atoms with E-state index in [0.717, 1.165) is 32.5 Å². The Balaban J connectivity index is 2.37. The molecule has 1 saturated heterocycles. The highest BCUT2D eigenvalue weighted by Crippen LogP contribution is 2.15. The number of piperidine rings is 1. The van der Waals surface area contributed by atoms with E-state index >= 15 is 0 Å². The van der Waals surface area contributed by atoms with Gasteiger partial charge in [-0.1, -0.05) is 6.92 Å². The number of imide groups is 1. The number of carbonyl (C=O) groups excluding carboxylic acids is 2. The Hall–Kier alpha value is -0.810. The highest BCUT2D eigenvalue weighted by Gasteiger charge is 2.25. The van der Waals surface area contributed by atoms with Gasteiger partial charge in [-0.05, 0) is 19.4 Å². The van der Waals surface area contributed by atoms with Crippen molar-refractivity contribution in [1.82, 2.24) is 15.1 Å². The molecule has 1 heterocycles. The van der Waals surface area contributed by atoms with E-state index in [4.69, 9.17) is 11.6 Å². The topological polar surface area (TPSA) is 52.6 Å². The molecule has 0 aromatic rings. The van der Waals surface area contributed by atoms with Crippen LogP contribution >= 0.6 is 11.6 Å². The fourth-order valence-electron chi connectivity index (χ4n) is 2.14. The SMILES string of the molecule is CCN1CCC(N(C)C(=O)NC(=O)CCCl)CC1. The first-order valence-corrected chi connectivity index (χ1v) is 6.96. The van der Waals surface area contributed by atoms with Gasteiger partial charge in [0.2, 0.25) is 5.91 Å². The van der Waals surface area contributed by atoms with Crippen LogP contribution in [0.15, 0.2) is 0 Å². The molecule has 104 valence electrons. The minimum atomic E-state index is -0.319. The Morgan fingerprint density at radius 3 is 2.50 bits per heavy atom. The predicted molar refractivity (Wildman–Crippen MR) is 71.8 cm³/mol. The molecule has 0 aromatic heterocycles. The number of hydrogen-bond acceptors (Lipinski definition) is 3. The van der Waals surface area contributed by atoms with Gasteiger partial charge in [0.25, 0.3) is 0 Å². The number of nitrogens with one attached hydrogen (secondary N) is 1. The van der Waals surface area contributed by atoms with Gasteiger partial charge in [-0.25, -0.2) is 4.79 Å². The highest BCUT2D eigenvalue weighted by atomic mass is 35.5. The van der Waals surface area contributed by atoms with Crippen molar-refractivity contribution in [2.24, 2.45) is 0 Å².